The molecule has 0 aliphatic heterocycles. The third kappa shape index (κ3) is 5.49. The molecule has 0 aliphatic rings. The first-order valence-electron chi connectivity index (χ1n) is 9.84. The first-order valence-corrected chi connectivity index (χ1v) is 10.8. The molecule has 2 aromatic carbocycles. The fourth-order valence-electron chi connectivity index (χ4n) is 3.09. The second-order valence-electron chi connectivity index (χ2n) is 6.91. The van der Waals surface area contributed by atoms with Crippen molar-refractivity contribution in [2.75, 3.05) is 11.1 Å². The summed E-state index contributed by atoms with van der Waals surface area (Å²) in [5.41, 5.74) is 2.80. The molecule has 0 saturated carbocycles. The van der Waals surface area contributed by atoms with Crippen LogP contribution in [-0.4, -0.2) is 32.3 Å². The number of thioether (sulfide) groups is 1. The first-order chi connectivity index (χ1) is 14.9. The number of hydrogen-bond donors (Lipinski definition) is 2. The summed E-state index contributed by atoms with van der Waals surface area (Å²) in [5.74, 6) is -0.533. The Labute approximate surface area is 184 Å². The summed E-state index contributed by atoms with van der Waals surface area (Å²) in [6.45, 7) is 6.49. The molecule has 0 unspecified atom stereocenters. The highest BCUT2D eigenvalue weighted by Gasteiger charge is 2.16. The van der Waals surface area contributed by atoms with Crippen LogP contribution in [0.3, 0.4) is 0 Å². The SMILES string of the molecule is CCn1c(CNC(=O)c2ccccc2F)nnc1SCC(=O)Nc1c(C)cccc1C. The van der Waals surface area contributed by atoms with Gasteiger partial charge in [0.05, 0.1) is 17.9 Å². The van der Waals surface area contributed by atoms with Crippen molar-refractivity contribution in [3.63, 3.8) is 0 Å². The van der Waals surface area contributed by atoms with Gasteiger partial charge in [0.1, 0.15) is 5.82 Å². The van der Waals surface area contributed by atoms with E-state index in [2.05, 4.69) is 20.8 Å². The minimum atomic E-state index is -0.580. The van der Waals surface area contributed by atoms with Crippen LogP contribution in [0.2, 0.25) is 0 Å². The molecule has 162 valence electrons. The molecule has 0 spiro atoms. The van der Waals surface area contributed by atoms with E-state index in [9.17, 15) is 14.0 Å². The van der Waals surface area contributed by atoms with Crippen LogP contribution in [0.4, 0.5) is 10.1 Å². The number of anilines is 1. The van der Waals surface area contributed by atoms with Gasteiger partial charge >= 0.3 is 0 Å². The Kier molecular flexibility index (Phi) is 7.41. The van der Waals surface area contributed by atoms with Crippen LogP contribution in [0.25, 0.3) is 0 Å². The molecule has 3 aromatic rings. The van der Waals surface area contributed by atoms with Gasteiger partial charge in [-0.2, -0.15) is 0 Å². The van der Waals surface area contributed by atoms with Gasteiger partial charge in [0.15, 0.2) is 11.0 Å². The number of carbonyl (C=O) groups excluding carboxylic acids is 2. The zero-order valence-corrected chi connectivity index (χ0v) is 18.4. The fourth-order valence-corrected chi connectivity index (χ4v) is 3.91. The summed E-state index contributed by atoms with van der Waals surface area (Å²) in [5, 5.41) is 14.4. The molecule has 0 saturated heterocycles. The molecule has 31 heavy (non-hydrogen) atoms. The van der Waals surface area contributed by atoms with E-state index in [4.69, 9.17) is 0 Å². The number of amides is 2. The summed E-state index contributed by atoms with van der Waals surface area (Å²) in [6.07, 6.45) is 0. The Morgan fingerprint density at radius 1 is 1.06 bits per heavy atom. The molecular formula is C22H24FN5O2S. The summed E-state index contributed by atoms with van der Waals surface area (Å²) in [7, 11) is 0. The quantitative estimate of drug-likeness (QED) is 0.520. The molecule has 2 N–H and O–H groups in total. The molecule has 9 heteroatoms. The van der Waals surface area contributed by atoms with Gasteiger partial charge in [-0.25, -0.2) is 4.39 Å². The van der Waals surface area contributed by atoms with E-state index in [1.165, 1.54) is 30.0 Å². The fraction of sp³-hybridized carbons (Fsp3) is 0.273. The van der Waals surface area contributed by atoms with Gasteiger partial charge < -0.3 is 15.2 Å². The van der Waals surface area contributed by atoms with Crippen LogP contribution in [0.15, 0.2) is 47.6 Å². The van der Waals surface area contributed by atoms with Crippen LogP contribution in [-0.2, 0) is 17.9 Å². The van der Waals surface area contributed by atoms with Crippen LogP contribution >= 0.6 is 11.8 Å². The van der Waals surface area contributed by atoms with E-state index in [-0.39, 0.29) is 23.8 Å². The molecule has 0 radical (unpaired) electrons. The van der Waals surface area contributed by atoms with Gasteiger partial charge in [0.25, 0.3) is 5.91 Å². The number of benzene rings is 2. The number of aryl methyl sites for hydroxylation is 2. The van der Waals surface area contributed by atoms with Crippen molar-refractivity contribution in [3.05, 3.63) is 70.8 Å². The molecule has 0 aliphatic carbocycles. The number of para-hydroxylation sites is 1. The van der Waals surface area contributed by atoms with Crippen molar-refractivity contribution in [2.45, 2.75) is 39.0 Å². The zero-order valence-electron chi connectivity index (χ0n) is 17.6. The van der Waals surface area contributed by atoms with E-state index < -0.39 is 11.7 Å². The first kappa shape index (κ1) is 22.5. The Morgan fingerprint density at radius 3 is 2.45 bits per heavy atom. The third-order valence-electron chi connectivity index (χ3n) is 4.71. The molecule has 0 fully saturated rings. The van der Waals surface area contributed by atoms with Crippen LogP contribution in [0.1, 0.15) is 34.2 Å². The molecule has 1 heterocycles. The average Bonchev–Trinajstić information content (AvgIpc) is 3.15. The average molecular weight is 442 g/mol. The standard InChI is InChI=1S/C22H24FN5O2S/c1-4-28-18(12-24-21(30)16-10-5-6-11-17(16)23)26-27-22(28)31-13-19(29)25-20-14(2)8-7-9-15(20)3/h5-11H,4,12-13H2,1-3H3,(H,24,30)(H,25,29). The van der Waals surface area contributed by atoms with E-state index in [0.717, 1.165) is 16.8 Å². The van der Waals surface area contributed by atoms with Crippen LogP contribution in [0, 0.1) is 19.7 Å². The second-order valence-corrected chi connectivity index (χ2v) is 7.85. The zero-order chi connectivity index (χ0) is 22.4. The molecule has 0 atom stereocenters. The number of aromatic nitrogens is 3. The molecule has 3 rings (SSSR count). The van der Waals surface area contributed by atoms with E-state index >= 15 is 0 Å². The minimum Gasteiger partial charge on any atom is -0.345 e. The van der Waals surface area contributed by atoms with Crippen molar-refractivity contribution < 1.29 is 14.0 Å². The van der Waals surface area contributed by atoms with E-state index in [1.807, 2.05) is 43.5 Å². The lowest BCUT2D eigenvalue weighted by Crippen LogP contribution is -2.25. The number of halogens is 1. The Bertz CT molecular complexity index is 1080. The van der Waals surface area contributed by atoms with Gasteiger partial charge in [-0.1, -0.05) is 42.1 Å². The maximum absolute atomic E-state index is 13.8. The number of hydrogen-bond acceptors (Lipinski definition) is 5. The largest absolute Gasteiger partial charge is 0.345 e. The third-order valence-corrected chi connectivity index (χ3v) is 5.68. The molecule has 2 amide bonds. The van der Waals surface area contributed by atoms with E-state index in [0.29, 0.717) is 17.5 Å². The maximum atomic E-state index is 13.8. The number of nitrogens with zero attached hydrogens (tertiary/aromatic N) is 3. The lowest BCUT2D eigenvalue weighted by Gasteiger charge is -2.11. The smallest absolute Gasteiger partial charge is 0.254 e. The highest BCUT2D eigenvalue weighted by Crippen LogP contribution is 2.21. The molecule has 7 nitrogen and oxygen atoms in total. The Balaban J connectivity index is 1.60. The lowest BCUT2D eigenvalue weighted by atomic mass is 10.1. The number of carbonyl (C=O) groups is 2. The molecule has 1 aromatic heterocycles. The van der Waals surface area contributed by atoms with Gasteiger partial charge in [-0.05, 0) is 44.0 Å². The van der Waals surface area contributed by atoms with E-state index in [1.54, 1.807) is 6.07 Å². The van der Waals surface area contributed by atoms with Crippen molar-refractivity contribution in [1.29, 1.82) is 0 Å². The topological polar surface area (TPSA) is 88.9 Å². The Morgan fingerprint density at radius 2 is 1.77 bits per heavy atom. The summed E-state index contributed by atoms with van der Waals surface area (Å²) < 4.78 is 15.6. The number of nitrogens with one attached hydrogen (secondary N) is 2. The minimum absolute atomic E-state index is 0.0252. The van der Waals surface area contributed by atoms with Crippen molar-refractivity contribution in [2.24, 2.45) is 0 Å². The predicted molar refractivity (Wildman–Crippen MR) is 119 cm³/mol. The Hall–Kier alpha value is -3.20. The monoisotopic (exact) mass is 441 g/mol. The second kappa shape index (κ2) is 10.2. The summed E-state index contributed by atoms with van der Waals surface area (Å²) >= 11 is 1.27. The van der Waals surface area contributed by atoms with Gasteiger partial charge in [-0.15, -0.1) is 10.2 Å². The number of rotatable bonds is 8. The predicted octanol–water partition coefficient (Wildman–Crippen LogP) is 3.71. The summed E-state index contributed by atoms with van der Waals surface area (Å²) in [4.78, 5) is 24.6. The van der Waals surface area contributed by atoms with Crippen LogP contribution < -0.4 is 10.6 Å². The van der Waals surface area contributed by atoms with Crippen molar-refractivity contribution in [3.8, 4) is 0 Å². The maximum Gasteiger partial charge on any atom is 0.254 e. The van der Waals surface area contributed by atoms with Crippen LogP contribution in [0.5, 0.6) is 0 Å². The normalized spacial score (nSPS) is 10.7. The highest BCUT2D eigenvalue weighted by molar-refractivity contribution is 7.99. The summed E-state index contributed by atoms with van der Waals surface area (Å²) in [6, 6.07) is 11.6. The van der Waals surface area contributed by atoms with Gasteiger partial charge in [0.2, 0.25) is 5.91 Å². The highest BCUT2D eigenvalue weighted by atomic mass is 32.2. The van der Waals surface area contributed by atoms with Crippen molar-refractivity contribution in [1.82, 2.24) is 20.1 Å². The molecule has 0 bridgehead atoms. The van der Waals surface area contributed by atoms with Crippen molar-refractivity contribution >= 4 is 29.3 Å². The van der Waals surface area contributed by atoms with Gasteiger partial charge in [0, 0.05) is 12.2 Å². The van der Waals surface area contributed by atoms with Gasteiger partial charge in [-0.3, -0.25) is 9.59 Å². The molecular weight excluding hydrogens is 417 g/mol. The lowest BCUT2D eigenvalue weighted by molar-refractivity contribution is -0.113.